The molecular formula is C12H21F2N5. The quantitative estimate of drug-likeness (QED) is 0.630. The van der Waals surface area contributed by atoms with Gasteiger partial charge >= 0.3 is 0 Å². The fraction of sp³-hybridized carbons (Fsp3) is 0.833. The van der Waals surface area contributed by atoms with Crippen LogP contribution in [-0.4, -0.2) is 26.7 Å². The summed E-state index contributed by atoms with van der Waals surface area (Å²) in [6.07, 6.45) is 3.25. The van der Waals surface area contributed by atoms with E-state index in [-0.39, 0.29) is 24.8 Å². The van der Waals surface area contributed by atoms with Crippen molar-refractivity contribution in [1.82, 2.24) is 20.2 Å². The summed E-state index contributed by atoms with van der Waals surface area (Å²) >= 11 is 0. The molecule has 1 aromatic heterocycles. The van der Waals surface area contributed by atoms with Gasteiger partial charge in [0.05, 0.1) is 0 Å². The van der Waals surface area contributed by atoms with E-state index in [1.165, 1.54) is 6.33 Å². The third-order valence-electron chi connectivity index (χ3n) is 3.86. The zero-order chi connectivity index (χ0) is 13.9. The van der Waals surface area contributed by atoms with E-state index in [4.69, 9.17) is 5.84 Å². The summed E-state index contributed by atoms with van der Waals surface area (Å²) in [4.78, 5) is 4.17. The molecule has 1 aromatic rings. The molecule has 0 saturated heterocycles. The van der Waals surface area contributed by atoms with Gasteiger partial charge in [0.2, 0.25) is 5.92 Å². The van der Waals surface area contributed by atoms with E-state index in [0.717, 1.165) is 12.2 Å². The molecule has 0 radical (unpaired) electrons. The van der Waals surface area contributed by atoms with Crippen LogP contribution in [0.4, 0.5) is 8.78 Å². The average Bonchev–Trinajstić information content (AvgIpc) is 2.81. The molecule has 1 aliphatic rings. The van der Waals surface area contributed by atoms with Crippen molar-refractivity contribution < 1.29 is 8.78 Å². The van der Waals surface area contributed by atoms with Crippen LogP contribution >= 0.6 is 0 Å². The molecule has 1 fully saturated rings. The Morgan fingerprint density at radius 2 is 2.42 bits per heavy atom. The Hall–Kier alpha value is -1.08. The molecule has 19 heavy (non-hydrogen) atoms. The van der Waals surface area contributed by atoms with E-state index in [1.54, 1.807) is 4.68 Å². The molecule has 2 unspecified atom stereocenters. The topological polar surface area (TPSA) is 68.8 Å². The first-order valence-corrected chi connectivity index (χ1v) is 6.76. The number of nitrogens with zero attached hydrogens (tertiary/aromatic N) is 3. The molecule has 5 nitrogen and oxygen atoms in total. The van der Waals surface area contributed by atoms with Crippen molar-refractivity contribution in [2.24, 2.45) is 11.8 Å². The second-order valence-electron chi connectivity index (χ2n) is 5.18. The molecule has 3 N–H and O–H groups in total. The Morgan fingerprint density at radius 1 is 1.63 bits per heavy atom. The van der Waals surface area contributed by atoms with Gasteiger partial charge < -0.3 is 0 Å². The van der Waals surface area contributed by atoms with Gasteiger partial charge in [0.1, 0.15) is 12.2 Å². The smallest absolute Gasteiger partial charge is 0.248 e. The van der Waals surface area contributed by atoms with Crippen LogP contribution in [0.5, 0.6) is 0 Å². The van der Waals surface area contributed by atoms with Crippen LogP contribution in [0.25, 0.3) is 0 Å². The number of aromatic nitrogens is 3. The Morgan fingerprint density at radius 3 is 3.05 bits per heavy atom. The summed E-state index contributed by atoms with van der Waals surface area (Å²) in [5.74, 6) is 3.66. The largest absolute Gasteiger partial charge is 0.271 e. The van der Waals surface area contributed by atoms with Crippen LogP contribution in [0.2, 0.25) is 0 Å². The SMILES string of the molecule is CCn1ncnc1CC(NN)C1CCCC(F)(F)C1. The summed E-state index contributed by atoms with van der Waals surface area (Å²) in [6.45, 7) is 2.69. The Kier molecular flexibility index (Phi) is 4.46. The minimum absolute atomic E-state index is 0.00800. The summed E-state index contributed by atoms with van der Waals surface area (Å²) in [5.41, 5.74) is 2.68. The first-order chi connectivity index (χ1) is 9.05. The molecule has 1 aliphatic carbocycles. The van der Waals surface area contributed by atoms with Crippen molar-refractivity contribution in [3.63, 3.8) is 0 Å². The fourth-order valence-corrected chi connectivity index (χ4v) is 2.82. The summed E-state index contributed by atoms with van der Waals surface area (Å²) in [5, 5.41) is 4.08. The molecular weight excluding hydrogens is 252 g/mol. The molecule has 108 valence electrons. The molecule has 0 aliphatic heterocycles. The van der Waals surface area contributed by atoms with E-state index in [1.807, 2.05) is 6.92 Å². The second-order valence-corrected chi connectivity index (χ2v) is 5.18. The lowest BCUT2D eigenvalue weighted by molar-refractivity contribution is -0.0582. The van der Waals surface area contributed by atoms with Crippen molar-refractivity contribution in [3.8, 4) is 0 Å². The van der Waals surface area contributed by atoms with Crippen LogP contribution in [0.1, 0.15) is 38.4 Å². The van der Waals surface area contributed by atoms with Crippen LogP contribution in [0.15, 0.2) is 6.33 Å². The zero-order valence-electron chi connectivity index (χ0n) is 11.1. The molecule has 2 atom stereocenters. The van der Waals surface area contributed by atoms with Crippen molar-refractivity contribution in [2.45, 2.75) is 57.5 Å². The lowest BCUT2D eigenvalue weighted by atomic mass is 9.81. The summed E-state index contributed by atoms with van der Waals surface area (Å²) in [7, 11) is 0. The van der Waals surface area contributed by atoms with Crippen LogP contribution < -0.4 is 11.3 Å². The molecule has 7 heteroatoms. The Labute approximate surface area is 111 Å². The van der Waals surface area contributed by atoms with Gasteiger partial charge in [0, 0.05) is 31.8 Å². The predicted molar refractivity (Wildman–Crippen MR) is 67.4 cm³/mol. The number of nitrogens with two attached hydrogens (primary N) is 1. The minimum atomic E-state index is -2.56. The number of hydrogen-bond donors (Lipinski definition) is 2. The Balaban J connectivity index is 2.04. The molecule has 0 amide bonds. The maximum atomic E-state index is 13.5. The van der Waals surface area contributed by atoms with Crippen molar-refractivity contribution >= 4 is 0 Å². The van der Waals surface area contributed by atoms with Gasteiger partial charge in [-0.3, -0.25) is 16.0 Å². The molecule has 0 aromatic carbocycles. The first kappa shape index (κ1) is 14.3. The van der Waals surface area contributed by atoms with Crippen LogP contribution in [-0.2, 0) is 13.0 Å². The molecule has 1 heterocycles. The van der Waals surface area contributed by atoms with Crippen molar-refractivity contribution in [2.75, 3.05) is 0 Å². The monoisotopic (exact) mass is 273 g/mol. The highest BCUT2D eigenvalue weighted by atomic mass is 19.3. The second kappa shape index (κ2) is 5.92. The number of nitrogens with one attached hydrogen (secondary N) is 1. The minimum Gasteiger partial charge on any atom is -0.271 e. The lowest BCUT2D eigenvalue weighted by Crippen LogP contribution is -2.46. The maximum absolute atomic E-state index is 13.5. The van der Waals surface area contributed by atoms with Gasteiger partial charge in [-0.25, -0.2) is 13.8 Å². The third-order valence-corrected chi connectivity index (χ3v) is 3.86. The number of aryl methyl sites for hydroxylation is 1. The highest BCUT2D eigenvalue weighted by Crippen LogP contribution is 2.38. The van der Waals surface area contributed by atoms with E-state index in [0.29, 0.717) is 19.4 Å². The van der Waals surface area contributed by atoms with Gasteiger partial charge in [-0.15, -0.1) is 0 Å². The molecule has 1 saturated carbocycles. The van der Waals surface area contributed by atoms with Crippen LogP contribution in [0.3, 0.4) is 0 Å². The molecule has 0 bridgehead atoms. The zero-order valence-corrected chi connectivity index (χ0v) is 11.1. The van der Waals surface area contributed by atoms with Gasteiger partial charge in [-0.2, -0.15) is 5.10 Å². The maximum Gasteiger partial charge on any atom is 0.248 e. The number of hydrazine groups is 1. The van der Waals surface area contributed by atoms with Gasteiger partial charge in [0.25, 0.3) is 0 Å². The molecule has 2 rings (SSSR count). The lowest BCUT2D eigenvalue weighted by Gasteiger charge is -2.33. The first-order valence-electron chi connectivity index (χ1n) is 6.76. The summed E-state index contributed by atoms with van der Waals surface area (Å²) < 4.78 is 28.7. The number of rotatable bonds is 5. The summed E-state index contributed by atoms with van der Waals surface area (Å²) in [6, 6.07) is -0.180. The predicted octanol–water partition coefficient (Wildman–Crippen LogP) is 1.50. The average molecular weight is 273 g/mol. The Bertz CT molecular complexity index is 407. The van der Waals surface area contributed by atoms with E-state index in [9.17, 15) is 8.78 Å². The normalized spacial score (nSPS) is 24.3. The highest BCUT2D eigenvalue weighted by Gasteiger charge is 2.39. The van der Waals surface area contributed by atoms with E-state index >= 15 is 0 Å². The van der Waals surface area contributed by atoms with E-state index in [2.05, 4.69) is 15.5 Å². The fourth-order valence-electron chi connectivity index (χ4n) is 2.82. The van der Waals surface area contributed by atoms with Crippen molar-refractivity contribution in [3.05, 3.63) is 12.2 Å². The van der Waals surface area contributed by atoms with Gasteiger partial charge in [-0.05, 0) is 25.7 Å². The number of alkyl halides is 2. The number of halogens is 2. The standard InChI is InChI=1S/C12H21F2N5/c1-2-19-11(16-8-17-19)6-10(18-15)9-4-3-5-12(13,14)7-9/h8-10,18H,2-7,15H2,1H3. The van der Waals surface area contributed by atoms with Gasteiger partial charge in [0.15, 0.2) is 0 Å². The number of hydrogen-bond acceptors (Lipinski definition) is 4. The third kappa shape index (κ3) is 3.48. The molecule has 0 spiro atoms. The van der Waals surface area contributed by atoms with Gasteiger partial charge in [-0.1, -0.05) is 0 Å². The highest BCUT2D eigenvalue weighted by molar-refractivity contribution is 4.94. The van der Waals surface area contributed by atoms with Crippen LogP contribution in [0, 0.1) is 5.92 Å². The van der Waals surface area contributed by atoms with Crippen molar-refractivity contribution in [1.29, 1.82) is 0 Å². The van der Waals surface area contributed by atoms with E-state index < -0.39 is 5.92 Å².